The quantitative estimate of drug-likeness (QED) is 0.240. The normalized spacial score (nSPS) is 11.9. The summed E-state index contributed by atoms with van der Waals surface area (Å²) in [6.07, 6.45) is -6.17. The number of nitrogens with zero attached hydrogens (tertiary/aromatic N) is 1. The highest BCUT2D eigenvalue weighted by Crippen LogP contribution is 2.13. The van der Waals surface area contributed by atoms with Crippen LogP contribution < -0.4 is 21.3 Å². The van der Waals surface area contributed by atoms with Gasteiger partial charge in [-0.2, -0.15) is 13.2 Å². The van der Waals surface area contributed by atoms with E-state index in [1.54, 1.807) is 38.2 Å². The minimum absolute atomic E-state index is 0.00106. The van der Waals surface area contributed by atoms with Crippen molar-refractivity contribution in [3.63, 3.8) is 0 Å². The van der Waals surface area contributed by atoms with Crippen LogP contribution in [0.5, 0.6) is 0 Å². The Morgan fingerprint density at radius 1 is 0.912 bits per heavy atom. The Morgan fingerprint density at radius 3 is 2.15 bits per heavy atom. The average molecular weight is 489 g/mol. The van der Waals surface area contributed by atoms with Gasteiger partial charge in [0.15, 0.2) is 5.96 Å². The summed E-state index contributed by atoms with van der Waals surface area (Å²) in [6.45, 7) is 5.27. The molecule has 0 saturated heterocycles. The number of ether oxygens (including phenoxy) is 2. The molecule has 0 bridgehead atoms. The van der Waals surface area contributed by atoms with E-state index in [0.29, 0.717) is 0 Å². The zero-order chi connectivity index (χ0) is 25.6. The summed E-state index contributed by atoms with van der Waals surface area (Å²) < 4.78 is 47.7. The number of benzene rings is 1. The Morgan fingerprint density at radius 2 is 1.53 bits per heavy atom. The Labute approximate surface area is 195 Å². The van der Waals surface area contributed by atoms with Crippen LogP contribution in [0.2, 0.25) is 0 Å². The highest BCUT2D eigenvalue weighted by Gasteiger charge is 2.39. The van der Waals surface area contributed by atoms with Crippen LogP contribution in [0, 0.1) is 0 Å². The number of aliphatic imine (C=N–C) groups is 1. The smallest absolute Gasteiger partial charge is 0.445 e. The maximum atomic E-state index is 12.6. The third kappa shape index (κ3) is 13.8. The number of halogens is 3. The Balaban J connectivity index is 2.42. The number of alkyl halides is 3. The van der Waals surface area contributed by atoms with Gasteiger partial charge in [-0.1, -0.05) is 30.3 Å². The molecule has 190 valence electrons. The third-order valence-corrected chi connectivity index (χ3v) is 3.66. The highest BCUT2D eigenvalue weighted by atomic mass is 19.4. The van der Waals surface area contributed by atoms with E-state index >= 15 is 0 Å². The van der Waals surface area contributed by atoms with Crippen LogP contribution in [0.3, 0.4) is 0 Å². The molecular formula is C21H30F3N5O5. The molecule has 34 heavy (non-hydrogen) atoms. The van der Waals surface area contributed by atoms with Gasteiger partial charge in [-0.05, 0) is 32.8 Å². The molecule has 1 aromatic rings. The molecule has 0 aromatic heterocycles. The van der Waals surface area contributed by atoms with E-state index in [4.69, 9.17) is 9.47 Å². The van der Waals surface area contributed by atoms with E-state index in [0.717, 1.165) is 5.56 Å². The van der Waals surface area contributed by atoms with Crippen LogP contribution in [-0.2, 0) is 20.9 Å². The number of guanidine groups is 1. The minimum Gasteiger partial charge on any atom is -0.445 e. The molecule has 3 amide bonds. The van der Waals surface area contributed by atoms with Gasteiger partial charge < -0.3 is 25.4 Å². The molecule has 1 rings (SSSR count). The molecule has 0 aliphatic carbocycles. The molecule has 0 spiro atoms. The molecule has 0 atom stereocenters. The van der Waals surface area contributed by atoms with Crippen LogP contribution in [0.15, 0.2) is 35.3 Å². The van der Waals surface area contributed by atoms with Crippen molar-refractivity contribution < 1.29 is 37.0 Å². The summed E-state index contributed by atoms with van der Waals surface area (Å²) in [5.74, 6) is -2.61. The van der Waals surface area contributed by atoms with Gasteiger partial charge in [-0.25, -0.2) is 9.59 Å². The molecule has 0 unspecified atom stereocenters. The zero-order valence-corrected chi connectivity index (χ0v) is 19.3. The van der Waals surface area contributed by atoms with Gasteiger partial charge in [0.05, 0.1) is 0 Å². The molecule has 1 aromatic carbocycles. The third-order valence-electron chi connectivity index (χ3n) is 3.66. The number of amides is 3. The van der Waals surface area contributed by atoms with Crippen LogP contribution in [0.4, 0.5) is 22.8 Å². The van der Waals surface area contributed by atoms with Crippen molar-refractivity contribution in [2.45, 2.75) is 45.6 Å². The fourth-order valence-electron chi connectivity index (χ4n) is 2.21. The summed E-state index contributed by atoms with van der Waals surface area (Å²) in [6, 6.07) is 9.06. The summed E-state index contributed by atoms with van der Waals surface area (Å²) >= 11 is 0. The van der Waals surface area contributed by atoms with Crippen molar-refractivity contribution >= 4 is 24.1 Å². The number of alkyl carbamates (subject to hydrolysis) is 2. The van der Waals surface area contributed by atoms with Gasteiger partial charge in [0.25, 0.3) is 0 Å². The topological polar surface area (TPSA) is 130 Å². The molecule has 4 N–H and O–H groups in total. The molecule has 0 aliphatic rings. The largest absolute Gasteiger partial charge is 0.471 e. The SMILES string of the molecule is CC(C)(C)OC(=O)NCCNC(=NCCCNC(=O)OCc1ccccc1)NC(=O)C(F)(F)F. The summed E-state index contributed by atoms with van der Waals surface area (Å²) in [7, 11) is 0. The Hall–Kier alpha value is -3.51. The summed E-state index contributed by atoms with van der Waals surface area (Å²) in [4.78, 5) is 38.4. The second-order valence-corrected chi connectivity index (χ2v) is 7.88. The van der Waals surface area contributed by atoms with E-state index in [1.807, 2.05) is 18.2 Å². The van der Waals surface area contributed by atoms with E-state index in [1.165, 1.54) is 0 Å². The van der Waals surface area contributed by atoms with Gasteiger partial charge in [-0.15, -0.1) is 0 Å². The molecular weight excluding hydrogens is 459 g/mol. The maximum Gasteiger partial charge on any atom is 0.471 e. The summed E-state index contributed by atoms with van der Waals surface area (Å²) in [5, 5.41) is 9.07. The van der Waals surface area contributed by atoms with Crippen molar-refractivity contribution in [2.75, 3.05) is 26.2 Å². The van der Waals surface area contributed by atoms with Crippen molar-refractivity contribution in [3.05, 3.63) is 35.9 Å². The first-order valence-corrected chi connectivity index (χ1v) is 10.4. The van der Waals surface area contributed by atoms with E-state index in [2.05, 4.69) is 20.9 Å². The van der Waals surface area contributed by atoms with Gasteiger partial charge in [-0.3, -0.25) is 15.1 Å². The van der Waals surface area contributed by atoms with Crippen LogP contribution in [-0.4, -0.2) is 62.0 Å². The lowest BCUT2D eigenvalue weighted by atomic mass is 10.2. The van der Waals surface area contributed by atoms with Crippen LogP contribution in [0.1, 0.15) is 32.8 Å². The number of hydrogen-bond acceptors (Lipinski definition) is 6. The zero-order valence-electron chi connectivity index (χ0n) is 19.3. The van der Waals surface area contributed by atoms with E-state index in [9.17, 15) is 27.6 Å². The fraction of sp³-hybridized carbons (Fsp3) is 0.524. The number of rotatable bonds is 9. The average Bonchev–Trinajstić information content (AvgIpc) is 2.73. The lowest BCUT2D eigenvalue weighted by molar-refractivity contribution is -0.171. The lowest BCUT2D eigenvalue weighted by Crippen LogP contribution is -2.48. The standard InChI is InChI=1S/C21H30F3N5O5/c1-20(2,3)34-19(32)28-13-12-26-17(29-16(30)21(22,23)24)25-10-7-11-27-18(31)33-14-15-8-5-4-6-9-15/h4-6,8-9H,7,10-14H2,1-3H3,(H,27,31)(H,28,32)(H2,25,26,29,30). The summed E-state index contributed by atoms with van der Waals surface area (Å²) in [5.41, 5.74) is 0.117. The second kappa shape index (κ2) is 13.9. The van der Waals surface area contributed by atoms with Crippen molar-refractivity contribution in [3.8, 4) is 0 Å². The highest BCUT2D eigenvalue weighted by molar-refractivity contribution is 5.99. The number of nitrogens with one attached hydrogen (secondary N) is 4. The van der Waals surface area contributed by atoms with E-state index in [-0.39, 0.29) is 39.2 Å². The Kier molecular flexibility index (Phi) is 11.7. The molecule has 13 heteroatoms. The molecule has 0 fully saturated rings. The minimum atomic E-state index is -5.10. The molecule has 10 nitrogen and oxygen atoms in total. The number of carbonyl (C=O) groups is 3. The predicted molar refractivity (Wildman–Crippen MR) is 118 cm³/mol. The monoisotopic (exact) mass is 489 g/mol. The first-order valence-electron chi connectivity index (χ1n) is 10.4. The second-order valence-electron chi connectivity index (χ2n) is 7.88. The first-order chi connectivity index (χ1) is 15.9. The van der Waals surface area contributed by atoms with Crippen LogP contribution in [0.25, 0.3) is 0 Å². The number of hydrogen-bond donors (Lipinski definition) is 4. The van der Waals surface area contributed by atoms with Gasteiger partial charge in [0, 0.05) is 26.2 Å². The molecule has 0 aliphatic heterocycles. The van der Waals surface area contributed by atoms with Crippen molar-refractivity contribution in [1.82, 2.24) is 21.3 Å². The van der Waals surface area contributed by atoms with Gasteiger partial charge in [0.2, 0.25) is 0 Å². The maximum absolute atomic E-state index is 12.6. The molecule has 0 saturated carbocycles. The van der Waals surface area contributed by atoms with Crippen LogP contribution >= 0.6 is 0 Å². The van der Waals surface area contributed by atoms with E-state index < -0.39 is 35.8 Å². The first kappa shape index (κ1) is 28.5. The van der Waals surface area contributed by atoms with Gasteiger partial charge in [0.1, 0.15) is 12.2 Å². The van der Waals surface area contributed by atoms with Crippen molar-refractivity contribution in [1.29, 1.82) is 0 Å². The lowest BCUT2D eigenvalue weighted by Gasteiger charge is -2.20. The fourth-order valence-corrected chi connectivity index (χ4v) is 2.21. The Bertz CT molecular complexity index is 826. The van der Waals surface area contributed by atoms with Crippen molar-refractivity contribution in [2.24, 2.45) is 4.99 Å². The molecule has 0 heterocycles. The van der Waals surface area contributed by atoms with Gasteiger partial charge >= 0.3 is 24.3 Å². The predicted octanol–water partition coefficient (Wildman–Crippen LogP) is 2.45. The molecule has 0 radical (unpaired) electrons. The number of carbonyl (C=O) groups excluding carboxylic acids is 3.